The van der Waals surface area contributed by atoms with Gasteiger partial charge in [0, 0.05) is 24.7 Å². The van der Waals surface area contributed by atoms with E-state index in [1.165, 1.54) is 7.05 Å². The quantitative estimate of drug-likeness (QED) is 0.871. The van der Waals surface area contributed by atoms with Crippen molar-refractivity contribution in [3.63, 3.8) is 0 Å². The lowest BCUT2D eigenvalue weighted by atomic mass is 10.2. The molecule has 9 heteroatoms. The van der Waals surface area contributed by atoms with E-state index in [0.29, 0.717) is 23.2 Å². The molecule has 1 aromatic heterocycles. The van der Waals surface area contributed by atoms with Crippen LogP contribution in [0.4, 0.5) is 13.2 Å². The first kappa shape index (κ1) is 19.0. The summed E-state index contributed by atoms with van der Waals surface area (Å²) in [5, 5.41) is 3.94. The van der Waals surface area contributed by atoms with Crippen LogP contribution >= 0.6 is 12.4 Å². The van der Waals surface area contributed by atoms with Crippen LogP contribution in [0.3, 0.4) is 0 Å². The summed E-state index contributed by atoms with van der Waals surface area (Å²) in [4.78, 5) is 3.80. The summed E-state index contributed by atoms with van der Waals surface area (Å²) in [7, 11) is 1.41. The van der Waals surface area contributed by atoms with Crippen LogP contribution in [-0.4, -0.2) is 27.9 Å². The van der Waals surface area contributed by atoms with Crippen LogP contribution in [0.2, 0.25) is 0 Å². The lowest BCUT2D eigenvalue weighted by Crippen LogP contribution is -2.10. The van der Waals surface area contributed by atoms with Gasteiger partial charge in [0.1, 0.15) is 12.4 Å². The number of alkyl halides is 2. The monoisotopic (exact) mass is 348 g/mol. The first-order valence-electron chi connectivity index (χ1n) is 6.45. The van der Waals surface area contributed by atoms with Crippen molar-refractivity contribution in [2.45, 2.75) is 6.43 Å². The minimum atomic E-state index is -2.68. The zero-order chi connectivity index (χ0) is 16.1. The van der Waals surface area contributed by atoms with Crippen LogP contribution in [0.25, 0.3) is 11.4 Å². The number of rotatable bonds is 6. The summed E-state index contributed by atoms with van der Waals surface area (Å²) in [6, 6.07) is 6.53. The van der Waals surface area contributed by atoms with Gasteiger partial charge in [0.2, 0.25) is 0 Å². The number of nitrogens with two attached hydrogens (primary N) is 1. The van der Waals surface area contributed by atoms with Gasteiger partial charge in [0.25, 0.3) is 6.43 Å². The highest BCUT2D eigenvalue weighted by molar-refractivity contribution is 5.85. The van der Waals surface area contributed by atoms with Crippen molar-refractivity contribution in [2.24, 2.45) is 12.8 Å². The first-order chi connectivity index (χ1) is 10.5. The van der Waals surface area contributed by atoms with Crippen molar-refractivity contribution < 1.29 is 17.9 Å². The molecule has 2 aromatic rings. The molecule has 0 amide bonds. The molecule has 2 rings (SSSR count). The molecule has 0 radical (unpaired) electrons. The van der Waals surface area contributed by atoms with E-state index in [2.05, 4.69) is 10.1 Å². The number of aromatic nitrogens is 3. The lowest BCUT2D eigenvalue weighted by molar-refractivity contribution is 0.135. The average Bonchev–Trinajstić information content (AvgIpc) is 2.91. The van der Waals surface area contributed by atoms with E-state index in [0.717, 1.165) is 4.68 Å². The van der Waals surface area contributed by atoms with Crippen LogP contribution in [0, 0.1) is 0 Å². The van der Waals surface area contributed by atoms with Crippen LogP contribution in [-0.2, 0) is 7.05 Å². The number of hydrogen-bond donors (Lipinski definition) is 1. The summed E-state index contributed by atoms with van der Waals surface area (Å²) < 4.78 is 44.1. The van der Waals surface area contributed by atoms with Gasteiger partial charge >= 0.3 is 0 Å². The third-order valence-electron chi connectivity index (χ3n) is 2.95. The van der Waals surface area contributed by atoms with Crippen molar-refractivity contribution in [3.05, 3.63) is 42.0 Å². The molecule has 126 valence electrons. The maximum atomic E-state index is 12.7. The molecule has 0 aliphatic heterocycles. The van der Waals surface area contributed by atoms with Crippen LogP contribution in [0.5, 0.6) is 5.75 Å². The van der Waals surface area contributed by atoms with Gasteiger partial charge < -0.3 is 10.5 Å². The fourth-order valence-electron chi connectivity index (χ4n) is 1.72. The maximum absolute atomic E-state index is 12.7. The standard InChI is InChI=1S/C14H15F3N4O.ClH/c1-21-14(12(16)17)19-13(20-21)10-2-4-11(5-3-10)22-8-9(6-15)7-18;/h2-6,12H,7-8,18H2,1H3;1H/b9-6+;. The molecule has 23 heavy (non-hydrogen) atoms. The zero-order valence-electron chi connectivity index (χ0n) is 12.2. The van der Waals surface area contributed by atoms with Crippen molar-refractivity contribution in [2.75, 3.05) is 13.2 Å². The van der Waals surface area contributed by atoms with Crippen LogP contribution in [0.15, 0.2) is 36.2 Å². The molecule has 0 saturated heterocycles. The third kappa shape index (κ3) is 4.70. The number of aryl methyl sites for hydroxylation is 1. The minimum Gasteiger partial charge on any atom is -0.489 e. The molecule has 0 fully saturated rings. The summed E-state index contributed by atoms with van der Waals surface area (Å²) in [6.07, 6.45) is -2.27. The van der Waals surface area contributed by atoms with Gasteiger partial charge in [-0.05, 0) is 24.3 Å². The summed E-state index contributed by atoms with van der Waals surface area (Å²) >= 11 is 0. The summed E-state index contributed by atoms with van der Waals surface area (Å²) in [5.74, 6) is 0.313. The highest BCUT2D eigenvalue weighted by atomic mass is 35.5. The topological polar surface area (TPSA) is 66.0 Å². The summed E-state index contributed by atoms with van der Waals surface area (Å²) in [5.41, 5.74) is 6.23. The highest BCUT2D eigenvalue weighted by Gasteiger charge is 2.17. The van der Waals surface area contributed by atoms with Crippen molar-refractivity contribution in [3.8, 4) is 17.1 Å². The Hall–Kier alpha value is -2.06. The fourth-order valence-corrected chi connectivity index (χ4v) is 1.72. The number of hydrogen-bond acceptors (Lipinski definition) is 4. The molecular weight excluding hydrogens is 333 g/mol. The lowest BCUT2D eigenvalue weighted by Gasteiger charge is -2.07. The maximum Gasteiger partial charge on any atom is 0.297 e. The Morgan fingerprint density at radius 3 is 2.48 bits per heavy atom. The number of ether oxygens (including phenoxy) is 1. The zero-order valence-corrected chi connectivity index (χ0v) is 13.1. The van der Waals surface area contributed by atoms with E-state index in [1.807, 2.05) is 0 Å². The van der Waals surface area contributed by atoms with Crippen molar-refractivity contribution in [1.29, 1.82) is 0 Å². The Balaban J connectivity index is 0.00000264. The molecule has 0 aliphatic carbocycles. The van der Waals surface area contributed by atoms with E-state index in [-0.39, 0.29) is 31.4 Å². The Morgan fingerprint density at radius 2 is 2.00 bits per heavy atom. The predicted molar refractivity (Wildman–Crippen MR) is 82.4 cm³/mol. The Kier molecular flexibility index (Phi) is 7.05. The molecule has 0 atom stereocenters. The molecule has 2 N–H and O–H groups in total. The molecule has 0 spiro atoms. The number of halogens is 4. The van der Waals surface area contributed by atoms with Gasteiger partial charge in [0.05, 0.1) is 6.33 Å². The van der Waals surface area contributed by atoms with Gasteiger partial charge in [-0.2, -0.15) is 5.10 Å². The predicted octanol–water partition coefficient (Wildman–Crippen LogP) is 3.03. The largest absolute Gasteiger partial charge is 0.489 e. The fraction of sp³-hybridized carbons (Fsp3) is 0.286. The average molecular weight is 349 g/mol. The second-order valence-electron chi connectivity index (χ2n) is 4.50. The van der Waals surface area contributed by atoms with E-state index < -0.39 is 12.2 Å². The molecule has 0 bridgehead atoms. The molecule has 1 aromatic carbocycles. The number of nitrogens with zero attached hydrogens (tertiary/aromatic N) is 3. The Morgan fingerprint density at radius 1 is 1.35 bits per heavy atom. The van der Waals surface area contributed by atoms with Crippen LogP contribution in [0.1, 0.15) is 12.2 Å². The molecule has 0 aliphatic rings. The first-order valence-corrected chi connectivity index (χ1v) is 6.45. The van der Waals surface area contributed by atoms with E-state index in [4.69, 9.17) is 10.5 Å². The normalized spacial score (nSPS) is 11.5. The second kappa shape index (κ2) is 8.54. The Bertz CT molecular complexity index is 659. The van der Waals surface area contributed by atoms with Crippen LogP contribution < -0.4 is 10.5 Å². The highest BCUT2D eigenvalue weighted by Crippen LogP contribution is 2.23. The van der Waals surface area contributed by atoms with E-state index in [1.54, 1.807) is 24.3 Å². The van der Waals surface area contributed by atoms with Crippen molar-refractivity contribution in [1.82, 2.24) is 14.8 Å². The smallest absolute Gasteiger partial charge is 0.297 e. The third-order valence-corrected chi connectivity index (χ3v) is 2.95. The van der Waals surface area contributed by atoms with Gasteiger partial charge in [-0.15, -0.1) is 12.4 Å². The molecule has 1 heterocycles. The molecule has 0 unspecified atom stereocenters. The SMILES string of the molecule is Cl.Cn1nc(-c2ccc(OC/C(=C/F)CN)cc2)nc1C(F)F. The summed E-state index contributed by atoms with van der Waals surface area (Å²) in [6.45, 7) is 0.118. The van der Waals surface area contributed by atoms with Gasteiger partial charge in [-0.1, -0.05) is 0 Å². The Labute approximate surface area is 137 Å². The molecular formula is C14H16ClF3N4O. The van der Waals surface area contributed by atoms with Gasteiger partial charge in [-0.25, -0.2) is 22.8 Å². The minimum absolute atomic E-state index is 0. The number of benzene rings is 1. The molecule has 5 nitrogen and oxygen atoms in total. The van der Waals surface area contributed by atoms with E-state index >= 15 is 0 Å². The molecule has 0 saturated carbocycles. The van der Waals surface area contributed by atoms with Gasteiger partial charge in [-0.3, -0.25) is 0 Å². The van der Waals surface area contributed by atoms with Gasteiger partial charge in [0.15, 0.2) is 11.6 Å². The van der Waals surface area contributed by atoms with Crippen molar-refractivity contribution >= 4 is 12.4 Å². The van der Waals surface area contributed by atoms with E-state index in [9.17, 15) is 13.2 Å². The second-order valence-corrected chi connectivity index (χ2v) is 4.50.